The van der Waals surface area contributed by atoms with E-state index in [2.05, 4.69) is 10.6 Å². The van der Waals surface area contributed by atoms with Gasteiger partial charge in [-0.1, -0.05) is 44.6 Å². The quantitative estimate of drug-likeness (QED) is 0.709. The average molecular weight is 440 g/mol. The summed E-state index contributed by atoms with van der Waals surface area (Å²) in [6.45, 7) is 1.44. The Labute approximate surface area is 191 Å². The second-order valence-electron chi connectivity index (χ2n) is 9.81. The highest BCUT2D eigenvalue weighted by atomic mass is 16.2. The number of carbonyl (C=O) groups is 3. The van der Waals surface area contributed by atoms with Crippen LogP contribution in [0.5, 0.6) is 0 Å². The predicted molar refractivity (Wildman–Crippen MR) is 125 cm³/mol. The fraction of sp³-hybridized carbons (Fsp3) is 0.654. The first-order valence-corrected chi connectivity index (χ1v) is 12.6. The molecule has 0 unspecified atom stereocenters. The smallest absolute Gasteiger partial charge is 0.251 e. The van der Waals surface area contributed by atoms with Crippen molar-refractivity contribution >= 4 is 23.4 Å². The molecule has 0 aromatic heterocycles. The van der Waals surface area contributed by atoms with Crippen molar-refractivity contribution in [3.8, 4) is 0 Å². The Morgan fingerprint density at radius 2 is 1.41 bits per heavy atom. The van der Waals surface area contributed by atoms with E-state index in [0.717, 1.165) is 64.5 Å². The summed E-state index contributed by atoms with van der Waals surface area (Å²) in [6.07, 6.45) is 12.6. The summed E-state index contributed by atoms with van der Waals surface area (Å²) >= 11 is 0. The molecule has 0 atom stereocenters. The fourth-order valence-corrected chi connectivity index (χ4v) is 5.47. The molecule has 3 amide bonds. The standard InChI is InChI=1S/C26H37N3O3/c30-24(19-8-3-1-4-9-19)28-23-13-7-12-21(18-23)25(31)27-22-14-16-29(17-15-22)26(32)20-10-5-2-6-11-20/h7,12-13,18-20,22H,1-6,8-11,14-17H2,(H,27,31)(H,28,30). The molecule has 1 aromatic rings. The van der Waals surface area contributed by atoms with Gasteiger partial charge in [-0.15, -0.1) is 0 Å². The first kappa shape index (κ1) is 22.8. The molecule has 174 valence electrons. The van der Waals surface area contributed by atoms with Gasteiger partial charge < -0.3 is 15.5 Å². The van der Waals surface area contributed by atoms with Crippen LogP contribution >= 0.6 is 0 Å². The molecular formula is C26H37N3O3. The van der Waals surface area contributed by atoms with Gasteiger partial charge in [-0.2, -0.15) is 0 Å². The van der Waals surface area contributed by atoms with Gasteiger partial charge in [0, 0.05) is 42.2 Å². The van der Waals surface area contributed by atoms with Crippen molar-refractivity contribution in [3.05, 3.63) is 29.8 Å². The summed E-state index contributed by atoms with van der Waals surface area (Å²) in [7, 11) is 0. The van der Waals surface area contributed by atoms with Crippen molar-refractivity contribution in [2.75, 3.05) is 18.4 Å². The number of piperidine rings is 1. The highest BCUT2D eigenvalue weighted by molar-refractivity contribution is 5.97. The van der Waals surface area contributed by atoms with E-state index >= 15 is 0 Å². The normalized spacial score (nSPS) is 21.2. The third-order valence-corrected chi connectivity index (χ3v) is 7.46. The molecule has 0 spiro atoms. The lowest BCUT2D eigenvalue weighted by Crippen LogP contribution is -2.48. The molecule has 0 radical (unpaired) electrons. The molecule has 0 bridgehead atoms. The van der Waals surface area contributed by atoms with Crippen LogP contribution in [0.4, 0.5) is 5.69 Å². The molecule has 1 aliphatic heterocycles. The Hall–Kier alpha value is -2.37. The number of nitrogens with zero attached hydrogens (tertiary/aromatic N) is 1. The van der Waals surface area contributed by atoms with E-state index in [1.54, 1.807) is 12.1 Å². The van der Waals surface area contributed by atoms with Gasteiger partial charge in [0.25, 0.3) is 5.91 Å². The SMILES string of the molecule is O=C(NC1CCN(C(=O)C2CCCCC2)CC1)c1cccc(NC(=O)C2CCCCC2)c1. The van der Waals surface area contributed by atoms with Crippen molar-refractivity contribution < 1.29 is 14.4 Å². The molecule has 1 heterocycles. The average Bonchev–Trinajstić information content (AvgIpc) is 2.85. The molecule has 6 heteroatoms. The number of nitrogens with one attached hydrogen (secondary N) is 2. The molecule has 1 aromatic carbocycles. The van der Waals surface area contributed by atoms with Gasteiger partial charge >= 0.3 is 0 Å². The number of hydrogen-bond donors (Lipinski definition) is 2. The molecule has 2 aliphatic carbocycles. The lowest BCUT2D eigenvalue weighted by Gasteiger charge is -2.35. The minimum atomic E-state index is -0.115. The van der Waals surface area contributed by atoms with Crippen LogP contribution in [0.25, 0.3) is 0 Å². The Balaban J connectivity index is 1.25. The lowest BCUT2D eigenvalue weighted by molar-refractivity contribution is -0.137. The van der Waals surface area contributed by atoms with Crippen molar-refractivity contribution in [1.29, 1.82) is 0 Å². The maximum atomic E-state index is 12.8. The highest BCUT2D eigenvalue weighted by Gasteiger charge is 2.29. The first-order chi connectivity index (χ1) is 15.6. The van der Waals surface area contributed by atoms with E-state index in [-0.39, 0.29) is 29.7 Å². The number of likely N-dealkylation sites (tertiary alicyclic amines) is 1. The zero-order valence-corrected chi connectivity index (χ0v) is 19.1. The highest BCUT2D eigenvalue weighted by Crippen LogP contribution is 2.27. The molecule has 2 saturated carbocycles. The molecular weight excluding hydrogens is 402 g/mol. The predicted octanol–water partition coefficient (Wildman–Crippen LogP) is 4.51. The Bertz CT molecular complexity index is 804. The minimum absolute atomic E-state index is 0.0669. The molecule has 2 N–H and O–H groups in total. The Morgan fingerprint density at radius 3 is 2.06 bits per heavy atom. The topological polar surface area (TPSA) is 78.5 Å². The van der Waals surface area contributed by atoms with E-state index in [1.807, 2.05) is 17.0 Å². The number of benzene rings is 1. The molecule has 3 fully saturated rings. The third kappa shape index (κ3) is 5.90. The van der Waals surface area contributed by atoms with Gasteiger partial charge in [0.15, 0.2) is 0 Å². The zero-order chi connectivity index (χ0) is 22.3. The summed E-state index contributed by atoms with van der Waals surface area (Å²) < 4.78 is 0. The fourth-order valence-electron chi connectivity index (χ4n) is 5.47. The summed E-state index contributed by atoms with van der Waals surface area (Å²) in [5, 5.41) is 6.13. The molecule has 1 saturated heterocycles. The molecule has 32 heavy (non-hydrogen) atoms. The lowest BCUT2D eigenvalue weighted by atomic mass is 9.87. The maximum Gasteiger partial charge on any atom is 0.251 e. The van der Waals surface area contributed by atoms with Crippen LogP contribution < -0.4 is 10.6 Å². The summed E-state index contributed by atoms with van der Waals surface area (Å²) in [4.78, 5) is 40.1. The monoisotopic (exact) mass is 439 g/mol. The van der Waals surface area contributed by atoms with Crippen molar-refractivity contribution in [2.24, 2.45) is 11.8 Å². The van der Waals surface area contributed by atoms with Crippen molar-refractivity contribution in [1.82, 2.24) is 10.2 Å². The largest absolute Gasteiger partial charge is 0.349 e. The van der Waals surface area contributed by atoms with Gasteiger partial charge in [0.1, 0.15) is 0 Å². The third-order valence-electron chi connectivity index (χ3n) is 7.46. The van der Waals surface area contributed by atoms with Gasteiger partial charge in [-0.25, -0.2) is 0 Å². The van der Waals surface area contributed by atoms with Crippen molar-refractivity contribution in [2.45, 2.75) is 83.1 Å². The Kier molecular flexibility index (Phi) is 7.82. The molecule has 3 aliphatic rings. The zero-order valence-electron chi connectivity index (χ0n) is 19.1. The number of amides is 3. The molecule has 4 rings (SSSR count). The minimum Gasteiger partial charge on any atom is -0.349 e. The van der Waals surface area contributed by atoms with Crippen LogP contribution in [0.3, 0.4) is 0 Å². The Morgan fingerprint density at radius 1 is 0.781 bits per heavy atom. The number of hydrogen-bond acceptors (Lipinski definition) is 3. The van der Waals surface area contributed by atoms with E-state index in [0.29, 0.717) is 17.2 Å². The van der Waals surface area contributed by atoms with Gasteiger partial charge in [0.2, 0.25) is 11.8 Å². The number of anilines is 1. The first-order valence-electron chi connectivity index (χ1n) is 12.6. The summed E-state index contributed by atoms with van der Waals surface area (Å²) in [5.41, 5.74) is 1.24. The van der Waals surface area contributed by atoms with Crippen LogP contribution in [0.2, 0.25) is 0 Å². The van der Waals surface area contributed by atoms with Crippen LogP contribution in [-0.4, -0.2) is 41.8 Å². The second kappa shape index (κ2) is 11.0. The van der Waals surface area contributed by atoms with Gasteiger partial charge in [-0.05, 0) is 56.7 Å². The van der Waals surface area contributed by atoms with E-state index in [4.69, 9.17) is 0 Å². The number of rotatable bonds is 5. The van der Waals surface area contributed by atoms with Crippen LogP contribution in [0.1, 0.15) is 87.4 Å². The van der Waals surface area contributed by atoms with E-state index in [9.17, 15) is 14.4 Å². The summed E-state index contributed by atoms with van der Waals surface area (Å²) in [6, 6.07) is 7.29. The maximum absolute atomic E-state index is 12.8. The van der Waals surface area contributed by atoms with Crippen molar-refractivity contribution in [3.63, 3.8) is 0 Å². The van der Waals surface area contributed by atoms with Crippen LogP contribution in [0.15, 0.2) is 24.3 Å². The number of carbonyl (C=O) groups excluding carboxylic acids is 3. The van der Waals surface area contributed by atoms with Gasteiger partial charge in [-0.3, -0.25) is 14.4 Å². The van der Waals surface area contributed by atoms with E-state index < -0.39 is 0 Å². The van der Waals surface area contributed by atoms with E-state index in [1.165, 1.54) is 25.7 Å². The van der Waals surface area contributed by atoms with Gasteiger partial charge in [0.05, 0.1) is 0 Å². The van der Waals surface area contributed by atoms with Crippen LogP contribution in [0, 0.1) is 11.8 Å². The molecule has 6 nitrogen and oxygen atoms in total. The van der Waals surface area contributed by atoms with Crippen LogP contribution in [-0.2, 0) is 9.59 Å². The summed E-state index contributed by atoms with van der Waals surface area (Å²) in [5.74, 6) is 0.563. The second-order valence-corrected chi connectivity index (χ2v) is 9.81.